The van der Waals surface area contributed by atoms with E-state index < -0.39 is 29.2 Å². The van der Waals surface area contributed by atoms with Crippen LogP contribution in [0.15, 0.2) is 103 Å². The molecule has 2 fully saturated rings. The highest BCUT2D eigenvalue weighted by atomic mass is 16.6. The maximum Gasteiger partial charge on any atom is 0.338 e. The number of amides is 2. The molecule has 2 aliphatic rings. The Bertz CT molecular complexity index is 1770. The van der Waals surface area contributed by atoms with Crippen molar-refractivity contribution in [3.05, 3.63) is 130 Å². The average molecular weight is 605 g/mol. The van der Waals surface area contributed by atoms with Gasteiger partial charge in [0.15, 0.2) is 12.4 Å². The number of nitrogens with zero attached hydrogens (tertiary/aromatic N) is 2. The fourth-order valence-corrected chi connectivity index (χ4v) is 6.01. The smallest absolute Gasteiger partial charge is 0.338 e. The Hall–Kier alpha value is -5.64. The van der Waals surface area contributed by atoms with Crippen LogP contribution in [0.4, 0.5) is 11.4 Å². The lowest BCUT2D eigenvalue weighted by Gasteiger charge is -2.28. The molecule has 0 spiro atoms. The van der Waals surface area contributed by atoms with Gasteiger partial charge in [0.1, 0.15) is 11.5 Å². The molecule has 1 aliphatic carbocycles. The third-order valence-corrected chi connectivity index (χ3v) is 8.33. The van der Waals surface area contributed by atoms with E-state index in [2.05, 4.69) is 12.1 Å². The summed E-state index contributed by atoms with van der Waals surface area (Å²) in [6.45, 7) is -0.516. The van der Waals surface area contributed by atoms with Crippen molar-refractivity contribution in [2.75, 3.05) is 11.5 Å². The first-order valence-corrected chi connectivity index (χ1v) is 14.5. The fraction of sp³-hybridized carbons (Fsp3) is 0.200. The molecule has 1 saturated carbocycles. The van der Waals surface area contributed by atoms with Gasteiger partial charge in [0.05, 0.1) is 28.0 Å². The summed E-state index contributed by atoms with van der Waals surface area (Å²) in [6.07, 6.45) is 2.05. The van der Waals surface area contributed by atoms with Gasteiger partial charge in [-0.05, 0) is 85.3 Å². The zero-order chi connectivity index (χ0) is 31.5. The lowest BCUT2D eigenvalue weighted by Crippen LogP contribution is -2.31. The number of imide groups is 1. The van der Waals surface area contributed by atoms with Crippen molar-refractivity contribution in [2.24, 2.45) is 11.8 Å². The van der Waals surface area contributed by atoms with Crippen molar-refractivity contribution in [1.29, 1.82) is 0 Å². The molecule has 3 atom stereocenters. The quantitative estimate of drug-likeness (QED) is 0.0695. The third-order valence-electron chi connectivity index (χ3n) is 8.33. The Labute approximate surface area is 258 Å². The number of hydrogen-bond donors (Lipinski definition) is 0. The lowest BCUT2D eigenvalue weighted by atomic mass is 9.73. The predicted octanol–water partition coefficient (Wildman–Crippen LogP) is 6.50. The molecule has 0 bridgehead atoms. The number of carbonyl (C=O) groups excluding carboxylic acids is 4. The zero-order valence-electron chi connectivity index (χ0n) is 24.0. The van der Waals surface area contributed by atoms with E-state index in [4.69, 9.17) is 9.47 Å². The minimum Gasteiger partial charge on any atom is -0.457 e. The molecule has 2 amide bonds. The zero-order valence-corrected chi connectivity index (χ0v) is 24.0. The van der Waals surface area contributed by atoms with E-state index in [1.54, 1.807) is 24.3 Å². The van der Waals surface area contributed by atoms with Crippen LogP contribution in [0.1, 0.15) is 51.5 Å². The van der Waals surface area contributed by atoms with Crippen molar-refractivity contribution in [1.82, 2.24) is 0 Å². The number of fused-ring (bicyclic) bond motifs is 1. The number of Topliss-reactive ketones (excluding diaryl/α,β-unsaturated/α-hetero) is 1. The van der Waals surface area contributed by atoms with Gasteiger partial charge >= 0.3 is 5.97 Å². The van der Waals surface area contributed by atoms with Crippen LogP contribution in [0.2, 0.25) is 0 Å². The summed E-state index contributed by atoms with van der Waals surface area (Å²) >= 11 is 0. The van der Waals surface area contributed by atoms with E-state index in [-0.39, 0.29) is 40.5 Å². The predicted molar refractivity (Wildman–Crippen MR) is 163 cm³/mol. The van der Waals surface area contributed by atoms with Gasteiger partial charge < -0.3 is 9.47 Å². The van der Waals surface area contributed by atoms with Crippen molar-refractivity contribution in [2.45, 2.75) is 25.2 Å². The molecule has 0 aromatic heterocycles. The monoisotopic (exact) mass is 604 g/mol. The van der Waals surface area contributed by atoms with Crippen molar-refractivity contribution in [3.63, 3.8) is 0 Å². The minimum absolute atomic E-state index is 0.0578. The maximum absolute atomic E-state index is 13.5. The highest BCUT2D eigenvalue weighted by molar-refractivity contribution is 6.22. The van der Waals surface area contributed by atoms with Crippen LogP contribution in [0.25, 0.3) is 0 Å². The van der Waals surface area contributed by atoms with Crippen molar-refractivity contribution >= 4 is 34.9 Å². The molecule has 1 aliphatic heterocycles. The second kappa shape index (κ2) is 12.5. The largest absolute Gasteiger partial charge is 0.457 e. The topological polar surface area (TPSA) is 133 Å². The summed E-state index contributed by atoms with van der Waals surface area (Å²) in [5.74, 6) is -1.48. The molecule has 10 nitrogen and oxygen atoms in total. The Kier molecular flexibility index (Phi) is 8.20. The van der Waals surface area contributed by atoms with Gasteiger partial charge in [-0.25, -0.2) is 4.79 Å². The first-order chi connectivity index (χ1) is 21.8. The van der Waals surface area contributed by atoms with Gasteiger partial charge in [-0.3, -0.25) is 29.4 Å². The Balaban J connectivity index is 1.06. The average Bonchev–Trinajstić information content (AvgIpc) is 3.32. The number of non-ortho nitro benzene ring substituents is 1. The summed E-state index contributed by atoms with van der Waals surface area (Å²) in [4.78, 5) is 63.8. The molecule has 4 aromatic carbocycles. The van der Waals surface area contributed by atoms with E-state index >= 15 is 0 Å². The van der Waals surface area contributed by atoms with Crippen LogP contribution in [0.3, 0.4) is 0 Å². The highest BCUT2D eigenvalue weighted by Gasteiger charge is 2.50. The van der Waals surface area contributed by atoms with Crippen LogP contribution >= 0.6 is 0 Å². The number of hydrogen-bond acceptors (Lipinski definition) is 8. The molecule has 45 heavy (non-hydrogen) atoms. The maximum atomic E-state index is 13.5. The van der Waals surface area contributed by atoms with E-state index in [1.165, 1.54) is 59.0 Å². The second-order valence-corrected chi connectivity index (χ2v) is 11.1. The normalized spacial score (nSPS) is 19.1. The van der Waals surface area contributed by atoms with Crippen molar-refractivity contribution in [3.8, 4) is 11.5 Å². The van der Waals surface area contributed by atoms with Crippen LogP contribution in [-0.4, -0.2) is 35.1 Å². The summed E-state index contributed by atoms with van der Waals surface area (Å²) in [7, 11) is 0. The van der Waals surface area contributed by atoms with Gasteiger partial charge in [-0.1, -0.05) is 36.4 Å². The molecule has 0 radical (unpaired) electrons. The second-order valence-electron chi connectivity index (χ2n) is 11.1. The molecule has 10 heteroatoms. The molecule has 0 N–H and O–H groups in total. The Morgan fingerprint density at radius 1 is 0.778 bits per heavy atom. The Morgan fingerprint density at radius 3 is 2.13 bits per heavy atom. The standard InChI is InChI=1S/C35H28N2O8/c38-32(23-9-14-28(15-10-23)45-29-16-12-26(13-17-29)37(42)43)21-44-35(41)25-7-4-8-27(19-25)36-33(39)30-18-11-24(20-31(30)34(36)40)22-5-2-1-3-6-22/h1-10,12-17,19,24,30-31H,11,18,20-21H2/t24-,30+,31-/m0/s1. The Morgan fingerprint density at radius 2 is 1.44 bits per heavy atom. The molecule has 6 rings (SSSR count). The number of carbonyl (C=O) groups is 4. The molecular formula is C35H28N2O8. The van der Waals surface area contributed by atoms with E-state index in [0.29, 0.717) is 30.0 Å². The molecule has 1 saturated heterocycles. The van der Waals surface area contributed by atoms with E-state index in [1.807, 2.05) is 18.2 Å². The molecule has 1 heterocycles. The summed E-state index contributed by atoms with van der Waals surface area (Å²) < 4.78 is 10.9. The van der Waals surface area contributed by atoms with Crippen LogP contribution in [-0.2, 0) is 14.3 Å². The number of benzene rings is 4. The van der Waals surface area contributed by atoms with Gasteiger partial charge in [0.2, 0.25) is 11.8 Å². The number of esters is 1. The number of nitro benzene ring substituents is 1. The van der Waals surface area contributed by atoms with Crippen LogP contribution < -0.4 is 9.64 Å². The lowest BCUT2D eigenvalue weighted by molar-refractivity contribution is -0.384. The number of ether oxygens (including phenoxy) is 2. The highest BCUT2D eigenvalue weighted by Crippen LogP contribution is 2.45. The third kappa shape index (κ3) is 6.21. The number of ketones is 1. The van der Waals surface area contributed by atoms with E-state index in [0.717, 1.165) is 6.42 Å². The minimum atomic E-state index is -0.760. The van der Waals surface area contributed by atoms with E-state index in [9.17, 15) is 29.3 Å². The van der Waals surface area contributed by atoms with Crippen LogP contribution in [0, 0.1) is 22.0 Å². The number of rotatable bonds is 9. The first-order valence-electron chi connectivity index (χ1n) is 14.5. The number of anilines is 1. The number of nitro groups is 1. The summed E-state index contributed by atoms with van der Waals surface area (Å²) in [5.41, 5.74) is 1.82. The molecule has 226 valence electrons. The summed E-state index contributed by atoms with van der Waals surface area (Å²) in [6, 6.07) is 27.9. The van der Waals surface area contributed by atoms with Gasteiger partial charge in [-0.2, -0.15) is 0 Å². The van der Waals surface area contributed by atoms with Gasteiger partial charge in [0, 0.05) is 17.7 Å². The summed E-state index contributed by atoms with van der Waals surface area (Å²) in [5, 5.41) is 10.8. The van der Waals surface area contributed by atoms with Gasteiger partial charge in [0.25, 0.3) is 5.69 Å². The molecule has 4 aromatic rings. The first kappa shape index (κ1) is 29.4. The fourth-order valence-electron chi connectivity index (χ4n) is 6.01. The van der Waals surface area contributed by atoms with Crippen molar-refractivity contribution < 1.29 is 33.6 Å². The molecular weight excluding hydrogens is 576 g/mol. The van der Waals surface area contributed by atoms with Crippen LogP contribution in [0.5, 0.6) is 11.5 Å². The molecule has 0 unspecified atom stereocenters. The SMILES string of the molecule is O=C(COC(=O)c1cccc(N2C(=O)[C@H]3C[C@@H](c4ccccc4)CC[C@H]3C2=O)c1)c1ccc(Oc2ccc([N+](=O)[O-])cc2)cc1. The van der Waals surface area contributed by atoms with Gasteiger partial charge in [-0.15, -0.1) is 0 Å².